The van der Waals surface area contributed by atoms with Gasteiger partial charge in [-0.1, -0.05) is 24.3 Å². The van der Waals surface area contributed by atoms with Gasteiger partial charge in [0.2, 0.25) is 10.0 Å². The van der Waals surface area contributed by atoms with E-state index in [4.69, 9.17) is 9.47 Å². The zero-order valence-corrected chi connectivity index (χ0v) is 18.7. The molecule has 1 fully saturated rings. The molecule has 10 heteroatoms. The predicted molar refractivity (Wildman–Crippen MR) is 114 cm³/mol. The quantitative estimate of drug-likeness (QED) is 0.581. The largest absolute Gasteiger partial charge is 0.494 e. The average Bonchev–Trinajstić information content (AvgIpc) is 2.79. The number of amides is 1. The Kier molecular flexibility index (Phi) is 7.47. The molecular weight excluding hydrogens is 439 g/mol. The molecule has 1 aliphatic heterocycles. The minimum Gasteiger partial charge on any atom is -0.494 e. The number of ether oxygens (including phenoxy) is 2. The topological polar surface area (TPSA) is 93.2 Å². The van der Waals surface area contributed by atoms with E-state index in [1.54, 1.807) is 24.3 Å². The summed E-state index contributed by atoms with van der Waals surface area (Å²) in [5.41, 5.74) is 0.396. The molecule has 0 aliphatic carbocycles. The van der Waals surface area contributed by atoms with Crippen LogP contribution in [0.4, 0.5) is 4.39 Å². The van der Waals surface area contributed by atoms with Crippen molar-refractivity contribution in [3.05, 3.63) is 59.9 Å². The number of methoxy groups -OCH3 is 1. The van der Waals surface area contributed by atoms with E-state index < -0.39 is 33.8 Å². The zero-order chi connectivity index (χ0) is 23.3. The van der Waals surface area contributed by atoms with Crippen LogP contribution in [0.15, 0.2) is 53.4 Å². The lowest BCUT2D eigenvalue weighted by molar-refractivity contribution is -0.159. The van der Waals surface area contributed by atoms with Crippen molar-refractivity contribution in [1.29, 1.82) is 0 Å². The molecule has 172 valence electrons. The number of nitrogens with zero attached hydrogens (tertiary/aromatic N) is 2. The molecule has 0 unspecified atom stereocenters. The highest BCUT2D eigenvalue weighted by molar-refractivity contribution is 7.89. The van der Waals surface area contributed by atoms with Gasteiger partial charge in [0, 0.05) is 26.2 Å². The smallest absolute Gasteiger partial charge is 0.311 e. The number of piperazine rings is 1. The molecule has 0 spiro atoms. The fourth-order valence-corrected chi connectivity index (χ4v) is 4.87. The van der Waals surface area contributed by atoms with Crippen LogP contribution in [0.3, 0.4) is 0 Å². The van der Waals surface area contributed by atoms with Gasteiger partial charge in [0.15, 0.2) is 17.7 Å². The van der Waals surface area contributed by atoms with Gasteiger partial charge in [0.25, 0.3) is 5.91 Å². The second kappa shape index (κ2) is 10.1. The van der Waals surface area contributed by atoms with E-state index in [9.17, 15) is 22.4 Å². The SMILES string of the molecule is COc1ccc(CC(=O)O[C@H](C)C(=O)N2CCN(S(=O)(=O)c3ccccc3)CC2)cc1F. The molecule has 1 heterocycles. The molecule has 0 saturated carbocycles. The highest BCUT2D eigenvalue weighted by Crippen LogP contribution is 2.19. The Bertz CT molecular complexity index is 1070. The number of hydrogen-bond acceptors (Lipinski definition) is 6. The van der Waals surface area contributed by atoms with Crippen LogP contribution in [0, 0.1) is 5.82 Å². The number of rotatable bonds is 7. The van der Waals surface area contributed by atoms with Crippen molar-refractivity contribution < 1.29 is 31.9 Å². The van der Waals surface area contributed by atoms with Crippen LogP contribution in [0.5, 0.6) is 5.75 Å². The molecule has 1 atom stereocenters. The normalized spacial score (nSPS) is 15.8. The van der Waals surface area contributed by atoms with Gasteiger partial charge in [-0.3, -0.25) is 9.59 Å². The molecule has 8 nitrogen and oxygen atoms in total. The van der Waals surface area contributed by atoms with Crippen LogP contribution < -0.4 is 4.74 Å². The van der Waals surface area contributed by atoms with Crippen molar-refractivity contribution in [1.82, 2.24) is 9.21 Å². The van der Waals surface area contributed by atoms with Gasteiger partial charge >= 0.3 is 5.97 Å². The Morgan fingerprint density at radius 3 is 2.31 bits per heavy atom. The summed E-state index contributed by atoms with van der Waals surface area (Å²) in [4.78, 5) is 26.5. The van der Waals surface area contributed by atoms with Crippen molar-refractivity contribution in [2.24, 2.45) is 0 Å². The summed E-state index contributed by atoms with van der Waals surface area (Å²) in [6.07, 6.45) is -1.23. The van der Waals surface area contributed by atoms with Gasteiger partial charge in [-0.15, -0.1) is 0 Å². The van der Waals surface area contributed by atoms with Gasteiger partial charge < -0.3 is 14.4 Å². The maximum atomic E-state index is 13.8. The van der Waals surface area contributed by atoms with Gasteiger partial charge in [-0.25, -0.2) is 12.8 Å². The first-order valence-corrected chi connectivity index (χ1v) is 11.5. The molecule has 0 N–H and O–H groups in total. The Morgan fingerprint density at radius 2 is 1.72 bits per heavy atom. The van der Waals surface area contributed by atoms with Crippen LogP contribution in [-0.2, 0) is 30.8 Å². The number of benzene rings is 2. The molecule has 2 aromatic rings. The van der Waals surface area contributed by atoms with E-state index in [-0.39, 0.29) is 43.2 Å². The molecule has 0 bridgehead atoms. The first-order valence-electron chi connectivity index (χ1n) is 10.1. The van der Waals surface area contributed by atoms with E-state index >= 15 is 0 Å². The molecule has 0 radical (unpaired) electrons. The number of halogens is 1. The van der Waals surface area contributed by atoms with Crippen LogP contribution in [-0.4, -0.2) is 68.9 Å². The monoisotopic (exact) mass is 464 g/mol. The number of sulfonamides is 1. The summed E-state index contributed by atoms with van der Waals surface area (Å²) in [6.45, 7) is 2.14. The van der Waals surface area contributed by atoms with Crippen LogP contribution in [0.2, 0.25) is 0 Å². The third-order valence-corrected chi connectivity index (χ3v) is 7.06. The highest BCUT2D eigenvalue weighted by Gasteiger charge is 2.32. The van der Waals surface area contributed by atoms with Crippen molar-refractivity contribution in [2.45, 2.75) is 24.3 Å². The summed E-state index contributed by atoms with van der Waals surface area (Å²) in [7, 11) is -2.28. The minimum absolute atomic E-state index is 0.0686. The maximum absolute atomic E-state index is 13.8. The van der Waals surface area contributed by atoms with Gasteiger partial charge in [0.1, 0.15) is 0 Å². The molecule has 1 aliphatic rings. The fraction of sp³-hybridized carbons (Fsp3) is 0.364. The standard InChI is InChI=1S/C22H25FN2O6S/c1-16(31-21(26)15-17-8-9-20(30-2)19(23)14-17)22(27)24-10-12-25(13-11-24)32(28,29)18-6-4-3-5-7-18/h3-9,14,16H,10-13,15H2,1-2H3/t16-/m1/s1. The third-order valence-electron chi connectivity index (χ3n) is 5.15. The molecule has 32 heavy (non-hydrogen) atoms. The van der Waals surface area contributed by atoms with E-state index in [1.807, 2.05) is 0 Å². The lowest BCUT2D eigenvalue weighted by Gasteiger charge is -2.35. The first kappa shape index (κ1) is 23.7. The molecule has 2 aromatic carbocycles. The summed E-state index contributed by atoms with van der Waals surface area (Å²) in [6, 6.07) is 12.2. The molecule has 1 amide bonds. The summed E-state index contributed by atoms with van der Waals surface area (Å²) in [5, 5.41) is 0. The van der Waals surface area contributed by atoms with Crippen molar-refractivity contribution >= 4 is 21.9 Å². The maximum Gasteiger partial charge on any atom is 0.311 e. The number of hydrogen-bond donors (Lipinski definition) is 0. The van der Waals surface area contributed by atoms with Crippen molar-refractivity contribution in [3.8, 4) is 5.75 Å². The third kappa shape index (κ3) is 5.43. The Morgan fingerprint density at radius 1 is 1.06 bits per heavy atom. The predicted octanol–water partition coefficient (Wildman–Crippen LogP) is 1.84. The number of carbonyl (C=O) groups excluding carboxylic acids is 2. The Hall–Kier alpha value is -2.98. The van der Waals surface area contributed by atoms with Crippen LogP contribution in [0.25, 0.3) is 0 Å². The van der Waals surface area contributed by atoms with E-state index in [0.717, 1.165) is 0 Å². The molecule has 1 saturated heterocycles. The Balaban J connectivity index is 1.52. The lowest BCUT2D eigenvalue weighted by atomic mass is 10.1. The summed E-state index contributed by atoms with van der Waals surface area (Å²) in [5.74, 6) is -1.60. The minimum atomic E-state index is -3.62. The first-order chi connectivity index (χ1) is 15.2. The number of esters is 1. The molecular formula is C22H25FN2O6S. The second-order valence-electron chi connectivity index (χ2n) is 7.32. The van der Waals surface area contributed by atoms with E-state index in [1.165, 1.54) is 47.5 Å². The summed E-state index contributed by atoms with van der Waals surface area (Å²) >= 11 is 0. The van der Waals surface area contributed by atoms with E-state index in [2.05, 4.69) is 0 Å². The van der Waals surface area contributed by atoms with Gasteiger partial charge in [0.05, 0.1) is 18.4 Å². The van der Waals surface area contributed by atoms with Crippen LogP contribution >= 0.6 is 0 Å². The zero-order valence-electron chi connectivity index (χ0n) is 17.9. The summed E-state index contributed by atoms with van der Waals surface area (Å²) < 4.78 is 50.6. The molecule has 0 aromatic heterocycles. The van der Waals surface area contributed by atoms with Gasteiger partial charge in [-0.2, -0.15) is 4.31 Å². The van der Waals surface area contributed by atoms with Crippen molar-refractivity contribution in [3.63, 3.8) is 0 Å². The molecule has 3 rings (SSSR count). The van der Waals surface area contributed by atoms with Crippen LogP contribution in [0.1, 0.15) is 12.5 Å². The Labute approximate surface area is 186 Å². The average molecular weight is 465 g/mol. The highest BCUT2D eigenvalue weighted by atomic mass is 32.2. The second-order valence-corrected chi connectivity index (χ2v) is 9.26. The van der Waals surface area contributed by atoms with E-state index in [0.29, 0.717) is 5.56 Å². The van der Waals surface area contributed by atoms with Gasteiger partial charge in [-0.05, 0) is 36.8 Å². The lowest BCUT2D eigenvalue weighted by Crippen LogP contribution is -2.52. The van der Waals surface area contributed by atoms with Crippen molar-refractivity contribution in [2.75, 3.05) is 33.3 Å². The fourth-order valence-electron chi connectivity index (χ4n) is 3.42. The number of carbonyl (C=O) groups is 2.